The van der Waals surface area contributed by atoms with Crippen molar-refractivity contribution in [3.63, 3.8) is 0 Å². The first-order chi connectivity index (χ1) is 7.88. The third-order valence-corrected chi connectivity index (χ3v) is 3.60. The molecule has 1 atom stereocenters. The zero-order valence-electron chi connectivity index (χ0n) is 9.15. The van der Waals surface area contributed by atoms with Crippen LogP contribution in [-0.2, 0) is 10.0 Å². The number of hydrogen-bond donors (Lipinski definition) is 2. The average Bonchev–Trinajstić information content (AvgIpc) is 2.25. The van der Waals surface area contributed by atoms with Crippen LogP contribution in [0.5, 0.6) is 0 Å². The Balaban J connectivity index is 2.98. The van der Waals surface area contributed by atoms with Crippen LogP contribution in [0.4, 0.5) is 8.78 Å². The van der Waals surface area contributed by atoms with Gasteiger partial charge in [0.2, 0.25) is 10.0 Å². The molecule has 0 aliphatic carbocycles. The van der Waals surface area contributed by atoms with Crippen LogP contribution < -0.4 is 4.72 Å². The lowest BCUT2D eigenvalue weighted by Gasteiger charge is -2.11. The fourth-order valence-electron chi connectivity index (χ4n) is 1.13. The minimum Gasteiger partial charge on any atom is -0.396 e. The zero-order chi connectivity index (χ0) is 13.1. The Morgan fingerprint density at radius 2 is 1.88 bits per heavy atom. The predicted octanol–water partition coefficient (Wildman–Crippen LogP) is 0.872. The Kier molecular flexibility index (Phi) is 4.55. The van der Waals surface area contributed by atoms with E-state index in [1.807, 2.05) is 4.72 Å². The molecule has 0 saturated carbocycles. The fourth-order valence-corrected chi connectivity index (χ4v) is 2.43. The standard InChI is InChI=1S/C10H13F2NO3S/c1-7(6-14)5-13-17(15,16)10-8(11)3-2-4-9(10)12/h2-4,7,13-14H,5-6H2,1H3. The van der Waals surface area contributed by atoms with Crippen molar-refractivity contribution in [1.29, 1.82) is 0 Å². The Labute approximate surface area is 98.3 Å². The van der Waals surface area contributed by atoms with Gasteiger partial charge < -0.3 is 5.11 Å². The van der Waals surface area contributed by atoms with Gasteiger partial charge in [0.25, 0.3) is 0 Å². The molecule has 1 aromatic carbocycles. The first kappa shape index (κ1) is 14.0. The number of benzene rings is 1. The second kappa shape index (κ2) is 5.52. The highest BCUT2D eigenvalue weighted by Gasteiger charge is 2.23. The summed E-state index contributed by atoms with van der Waals surface area (Å²) in [5, 5.41) is 8.73. The van der Waals surface area contributed by atoms with Gasteiger partial charge in [-0.3, -0.25) is 0 Å². The van der Waals surface area contributed by atoms with E-state index < -0.39 is 26.6 Å². The van der Waals surface area contributed by atoms with Crippen LogP contribution in [0.15, 0.2) is 23.1 Å². The van der Waals surface area contributed by atoms with E-state index in [9.17, 15) is 17.2 Å². The summed E-state index contributed by atoms with van der Waals surface area (Å²) in [7, 11) is -4.24. The molecule has 0 saturated heterocycles. The van der Waals surface area contributed by atoms with Gasteiger partial charge in [0, 0.05) is 13.2 Å². The summed E-state index contributed by atoms with van der Waals surface area (Å²) >= 11 is 0. The van der Waals surface area contributed by atoms with Gasteiger partial charge in [-0.05, 0) is 18.1 Å². The average molecular weight is 265 g/mol. The number of hydrogen-bond acceptors (Lipinski definition) is 3. The third-order valence-electron chi connectivity index (χ3n) is 2.12. The summed E-state index contributed by atoms with van der Waals surface area (Å²) in [6.07, 6.45) is 0. The molecule has 0 spiro atoms. The van der Waals surface area contributed by atoms with Crippen molar-refractivity contribution in [3.8, 4) is 0 Å². The summed E-state index contributed by atoms with van der Waals surface area (Å²) in [6.45, 7) is 1.29. The second-order valence-corrected chi connectivity index (χ2v) is 5.39. The minimum atomic E-state index is -4.24. The molecule has 1 unspecified atom stereocenters. The topological polar surface area (TPSA) is 66.4 Å². The highest BCUT2D eigenvalue weighted by Crippen LogP contribution is 2.17. The molecule has 0 aliphatic rings. The van der Waals surface area contributed by atoms with E-state index in [4.69, 9.17) is 5.11 Å². The summed E-state index contributed by atoms with van der Waals surface area (Å²) < 4.78 is 51.8. The molecular weight excluding hydrogens is 252 g/mol. The molecule has 1 aromatic rings. The van der Waals surface area contributed by atoms with Gasteiger partial charge in [0.05, 0.1) is 0 Å². The lowest BCUT2D eigenvalue weighted by molar-refractivity contribution is 0.238. The second-order valence-electron chi connectivity index (χ2n) is 3.69. The van der Waals surface area contributed by atoms with Gasteiger partial charge in [-0.25, -0.2) is 21.9 Å². The highest BCUT2D eigenvalue weighted by molar-refractivity contribution is 7.89. The van der Waals surface area contributed by atoms with Crippen LogP contribution in [0.25, 0.3) is 0 Å². The van der Waals surface area contributed by atoms with Crippen molar-refractivity contribution in [2.75, 3.05) is 13.2 Å². The van der Waals surface area contributed by atoms with Crippen molar-refractivity contribution in [2.24, 2.45) is 5.92 Å². The van der Waals surface area contributed by atoms with Gasteiger partial charge in [0.1, 0.15) is 11.6 Å². The van der Waals surface area contributed by atoms with Gasteiger partial charge in [0.15, 0.2) is 4.90 Å². The third kappa shape index (κ3) is 3.45. The number of nitrogens with one attached hydrogen (secondary N) is 1. The predicted molar refractivity (Wildman–Crippen MR) is 57.8 cm³/mol. The van der Waals surface area contributed by atoms with Gasteiger partial charge in [-0.1, -0.05) is 13.0 Å². The molecule has 0 bridgehead atoms. The Bertz CT molecular complexity index is 470. The maximum absolute atomic E-state index is 13.2. The molecule has 0 aromatic heterocycles. The lowest BCUT2D eigenvalue weighted by Crippen LogP contribution is -2.30. The normalized spacial score (nSPS) is 13.6. The van der Waals surface area contributed by atoms with Crippen LogP contribution in [0, 0.1) is 17.6 Å². The first-order valence-electron chi connectivity index (χ1n) is 4.93. The quantitative estimate of drug-likeness (QED) is 0.830. The maximum atomic E-state index is 13.2. The van der Waals surface area contributed by atoms with Crippen molar-refractivity contribution in [2.45, 2.75) is 11.8 Å². The van der Waals surface area contributed by atoms with Gasteiger partial charge in [-0.15, -0.1) is 0 Å². The molecule has 2 N–H and O–H groups in total. The number of halogens is 2. The molecule has 7 heteroatoms. The Morgan fingerprint density at radius 3 is 2.35 bits per heavy atom. The van der Waals surface area contributed by atoms with E-state index in [2.05, 4.69) is 0 Å². The molecule has 0 fully saturated rings. The first-order valence-corrected chi connectivity index (χ1v) is 6.41. The molecular formula is C10H13F2NO3S. The van der Waals surface area contributed by atoms with E-state index in [1.54, 1.807) is 6.92 Å². The van der Waals surface area contributed by atoms with Gasteiger partial charge >= 0.3 is 0 Å². The van der Waals surface area contributed by atoms with E-state index >= 15 is 0 Å². The molecule has 0 radical (unpaired) electrons. The maximum Gasteiger partial charge on any atom is 0.246 e. The number of sulfonamides is 1. The van der Waals surface area contributed by atoms with Crippen LogP contribution in [-0.4, -0.2) is 26.7 Å². The van der Waals surface area contributed by atoms with Crippen molar-refractivity contribution in [3.05, 3.63) is 29.8 Å². The summed E-state index contributed by atoms with van der Waals surface area (Å²) in [5.41, 5.74) is 0. The van der Waals surface area contributed by atoms with Crippen LogP contribution >= 0.6 is 0 Å². The summed E-state index contributed by atoms with van der Waals surface area (Å²) in [4.78, 5) is -0.995. The monoisotopic (exact) mass is 265 g/mol. The van der Waals surface area contributed by atoms with Crippen LogP contribution in [0.2, 0.25) is 0 Å². The summed E-state index contributed by atoms with van der Waals surface area (Å²) in [5.74, 6) is -2.62. The number of aliphatic hydroxyl groups excluding tert-OH is 1. The Hall–Kier alpha value is -1.05. The largest absolute Gasteiger partial charge is 0.396 e. The highest BCUT2D eigenvalue weighted by atomic mass is 32.2. The Morgan fingerprint density at radius 1 is 1.35 bits per heavy atom. The van der Waals surface area contributed by atoms with Crippen molar-refractivity contribution < 1.29 is 22.3 Å². The minimum absolute atomic E-state index is 0.0907. The van der Waals surface area contributed by atoms with Gasteiger partial charge in [-0.2, -0.15) is 0 Å². The molecule has 96 valence electrons. The van der Waals surface area contributed by atoms with E-state index in [1.165, 1.54) is 0 Å². The molecule has 0 aliphatic heterocycles. The summed E-state index contributed by atoms with van der Waals surface area (Å²) in [6, 6.07) is 2.82. The molecule has 4 nitrogen and oxygen atoms in total. The van der Waals surface area contributed by atoms with Crippen LogP contribution in [0.3, 0.4) is 0 Å². The molecule has 1 rings (SSSR count). The zero-order valence-corrected chi connectivity index (χ0v) is 9.97. The smallest absolute Gasteiger partial charge is 0.246 e. The van der Waals surface area contributed by atoms with E-state index in [0.717, 1.165) is 18.2 Å². The SMILES string of the molecule is CC(CO)CNS(=O)(=O)c1c(F)cccc1F. The molecule has 0 amide bonds. The fraction of sp³-hybridized carbons (Fsp3) is 0.400. The van der Waals surface area contributed by atoms with E-state index in [0.29, 0.717) is 0 Å². The molecule has 0 heterocycles. The molecule has 17 heavy (non-hydrogen) atoms. The van der Waals surface area contributed by atoms with Crippen LogP contribution in [0.1, 0.15) is 6.92 Å². The van der Waals surface area contributed by atoms with Crippen molar-refractivity contribution in [1.82, 2.24) is 4.72 Å². The number of rotatable bonds is 5. The lowest BCUT2D eigenvalue weighted by atomic mass is 10.2. The van der Waals surface area contributed by atoms with Crippen molar-refractivity contribution >= 4 is 10.0 Å². The number of aliphatic hydroxyl groups is 1. The van der Waals surface area contributed by atoms with E-state index in [-0.39, 0.29) is 19.1 Å².